The van der Waals surface area contributed by atoms with E-state index in [0.717, 1.165) is 39.4 Å². The van der Waals surface area contributed by atoms with Crippen molar-refractivity contribution in [2.75, 3.05) is 19.8 Å². The van der Waals surface area contributed by atoms with Crippen molar-refractivity contribution in [3.05, 3.63) is 34.9 Å². The summed E-state index contributed by atoms with van der Waals surface area (Å²) in [6.07, 6.45) is 0.981. The second-order valence-corrected chi connectivity index (χ2v) is 5.07. The highest BCUT2D eigenvalue weighted by Gasteiger charge is 2.10. The van der Waals surface area contributed by atoms with Gasteiger partial charge >= 0.3 is 0 Å². The van der Waals surface area contributed by atoms with Gasteiger partial charge in [0, 0.05) is 12.6 Å². The summed E-state index contributed by atoms with van der Waals surface area (Å²) in [4.78, 5) is 0. The summed E-state index contributed by atoms with van der Waals surface area (Å²) >= 11 is 0. The summed E-state index contributed by atoms with van der Waals surface area (Å²) in [6.45, 7) is 8.33. The van der Waals surface area contributed by atoms with Crippen molar-refractivity contribution >= 4 is 0 Å². The first kappa shape index (κ1) is 13.5. The van der Waals surface area contributed by atoms with Crippen molar-refractivity contribution in [2.24, 2.45) is 0 Å². The van der Waals surface area contributed by atoms with E-state index in [1.165, 1.54) is 16.7 Å². The van der Waals surface area contributed by atoms with Crippen molar-refractivity contribution in [2.45, 2.75) is 39.5 Å². The maximum Gasteiger partial charge on any atom is 0.0725 e. The number of hydrogen-bond acceptors (Lipinski definition) is 3. The molecule has 0 fully saturated rings. The first-order valence-electron chi connectivity index (χ1n) is 6.75. The number of fused-ring (bicyclic) bond motifs is 1. The minimum atomic E-state index is 0.533. The highest BCUT2D eigenvalue weighted by atomic mass is 16.5. The summed E-state index contributed by atoms with van der Waals surface area (Å²) in [5.41, 5.74) is 4.02. The molecule has 0 amide bonds. The maximum absolute atomic E-state index is 5.61. The monoisotopic (exact) mass is 249 g/mol. The van der Waals surface area contributed by atoms with Crippen LogP contribution >= 0.6 is 0 Å². The number of ether oxygens (including phenoxy) is 2. The van der Waals surface area contributed by atoms with Gasteiger partial charge in [-0.05, 0) is 23.1 Å². The summed E-state index contributed by atoms with van der Waals surface area (Å²) in [5.74, 6) is 0. The van der Waals surface area contributed by atoms with E-state index < -0.39 is 0 Å². The topological polar surface area (TPSA) is 30.5 Å². The molecule has 18 heavy (non-hydrogen) atoms. The molecule has 3 heteroatoms. The Kier molecular flexibility index (Phi) is 5.17. The SMILES string of the molecule is CC(C)NCCOCCc1ccc2c(c1)COC2. The van der Waals surface area contributed by atoms with Gasteiger partial charge in [-0.3, -0.25) is 0 Å². The number of benzene rings is 1. The zero-order chi connectivity index (χ0) is 12.8. The van der Waals surface area contributed by atoms with Gasteiger partial charge in [-0.2, -0.15) is 0 Å². The van der Waals surface area contributed by atoms with Gasteiger partial charge < -0.3 is 14.8 Å². The molecule has 100 valence electrons. The molecule has 0 bridgehead atoms. The van der Waals surface area contributed by atoms with Crippen LogP contribution in [0.4, 0.5) is 0 Å². The molecule has 0 saturated carbocycles. The quantitative estimate of drug-likeness (QED) is 0.752. The Morgan fingerprint density at radius 3 is 2.89 bits per heavy atom. The van der Waals surface area contributed by atoms with Gasteiger partial charge in [0.1, 0.15) is 0 Å². The Morgan fingerprint density at radius 2 is 2.06 bits per heavy atom. The van der Waals surface area contributed by atoms with Gasteiger partial charge in [-0.15, -0.1) is 0 Å². The van der Waals surface area contributed by atoms with E-state index in [-0.39, 0.29) is 0 Å². The molecule has 0 atom stereocenters. The third-order valence-electron chi connectivity index (χ3n) is 3.12. The van der Waals surface area contributed by atoms with Crippen LogP contribution in [0.3, 0.4) is 0 Å². The summed E-state index contributed by atoms with van der Waals surface area (Å²) in [5, 5.41) is 3.34. The molecular formula is C15H23NO2. The first-order chi connectivity index (χ1) is 8.75. The molecule has 0 aliphatic carbocycles. The van der Waals surface area contributed by atoms with E-state index in [0.29, 0.717) is 6.04 Å². The van der Waals surface area contributed by atoms with E-state index in [1.807, 2.05) is 0 Å². The van der Waals surface area contributed by atoms with Gasteiger partial charge in [-0.25, -0.2) is 0 Å². The standard InChI is InChI=1S/C15H23NO2/c1-12(2)16-6-8-17-7-5-13-3-4-14-10-18-11-15(14)9-13/h3-4,9,12,16H,5-8,10-11H2,1-2H3. The molecule has 0 aromatic heterocycles. The normalized spacial score (nSPS) is 14.2. The van der Waals surface area contributed by atoms with Crippen molar-refractivity contribution in [3.63, 3.8) is 0 Å². The average Bonchev–Trinajstić information content (AvgIpc) is 2.80. The van der Waals surface area contributed by atoms with E-state index in [2.05, 4.69) is 37.4 Å². The fourth-order valence-corrected chi connectivity index (χ4v) is 2.09. The zero-order valence-corrected chi connectivity index (χ0v) is 11.4. The Balaban J connectivity index is 1.65. The fourth-order valence-electron chi connectivity index (χ4n) is 2.09. The maximum atomic E-state index is 5.61. The number of rotatable bonds is 7. The Bertz CT molecular complexity index is 377. The lowest BCUT2D eigenvalue weighted by Crippen LogP contribution is -2.26. The van der Waals surface area contributed by atoms with Gasteiger partial charge in [-0.1, -0.05) is 32.0 Å². The molecule has 3 nitrogen and oxygen atoms in total. The van der Waals surface area contributed by atoms with Crippen molar-refractivity contribution in [1.29, 1.82) is 0 Å². The predicted molar refractivity (Wildman–Crippen MR) is 72.6 cm³/mol. The van der Waals surface area contributed by atoms with Crippen LogP contribution in [-0.4, -0.2) is 25.8 Å². The first-order valence-corrected chi connectivity index (χ1v) is 6.75. The lowest BCUT2D eigenvalue weighted by Gasteiger charge is -2.09. The van der Waals surface area contributed by atoms with E-state index in [4.69, 9.17) is 9.47 Å². The smallest absolute Gasteiger partial charge is 0.0725 e. The van der Waals surface area contributed by atoms with Crippen molar-refractivity contribution < 1.29 is 9.47 Å². The van der Waals surface area contributed by atoms with Crippen LogP contribution < -0.4 is 5.32 Å². The fraction of sp³-hybridized carbons (Fsp3) is 0.600. The molecule has 0 spiro atoms. The highest BCUT2D eigenvalue weighted by Crippen LogP contribution is 2.20. The molecule has 0 radical (unpaired) electrons. The zero-order valence-electron chi connectivity index (χ0n) is 11.4. The minimum absolute atomic E-state index is 0.533. The van der Waals surface area contributed by atoms with E-state index in [9.17, 15) is 0 Å². The average molecular weight is 249 g/mol. The molecule has 2 rings (SSSR count). The summed E-state index contributed by atoms with van der Waals surface area (Å²) < 4.78 is 11.0. The van der Waals surface area contributed by atoms with Crippen molar-refractivity contribution in [3.8, 4) is 0 Å². The van der Waals surface area contributed by atoms with Crippen LogP contribution in [0, 0.1) is 0 Å². The van der Waals surface area contributed by atoms with Gasteiger partial charge in [0.2, 0.25) is 0 Å². The predicted octanol–water partition coefficient (Wildman–Crippen LogP) is 2.27. The van der Waals surface area contributed by atoms with Crippen LogP contribution in [0.1, 0.15) is 30.5 Å². The number of nitrogens with one attached hydrogen (secondary N) is 1. The second-order valence-electron chi connectivity index (χ2n) is 5.07. The molecule has 1 heterocycles. The molecule has 0 unspecified atom stereocenters. The summed E-state index contributed by atoms with van der Waals surface area (Å²) in [6, 6.07) is 7.14. The Hall–Kier alpha value is -0.900. The minimum Gasteiger partial charge on any atom is -0.380 e. The Morgan fingerprint density at radius 1 is 1.22 bits per heavy atom. The number of hydrogen-bond donors (Lipinski definition) is 1. The molecule has 1 aromatic rings. The van der Waals surface area contributed by atoms with Crippen LogP contribution in [-0.2, 0) is 29.1 Å². The van der Waals surface area contributed by atoms with E-state index >= 15 is 0 Å². The van der Waals surface area contributed by atoms with E-state index in [1.54, 1.807) is 0 Å². The molecule has 1 aliphatic rings. The third-order valence-corrected chi connectivity index (χ3v) is 3.12. The van der Waals surface area contributed by atoms with Crippen molar-refractivity contribution in [1.82, 2.24) is 5.32 Å². The van der Waals surface area contributed by atoms with Gasteiger partial charge in [0.25, 0.3) is 0 Å². The lowest BCUT2D eigenvalue weighted by molar-refractivity contribution is 0.134. The van der Waals surface area contributed by atoms with Crippen LogP contribution in [0.25, 0.3) is 0 Å². The molecule has 1 aromatic carbocycles. The third kappa shape index (κ3) is 4.09. The second kappa shape index (κ2) is 6.88. The molecule has 1 aliphatic heterocycles. The molecule has 1 N–H and O–H groups in total. The van der Waals surface area contributed by atoms with Gasteiger partial charge in [0.15, 0.2) is 0 Å². The van der Waals surface area contributed by atoms with Gasteiger partial charge in [0.05, 0.1) is 26.4 Å². The highest BCUT2D eigenvalue weighted by molar-refractivity contribution is 5.33. The lowest BCUT2D eigenvalue weighted by atomic mass is 10.0. The van der Waals surface area contributed by atoms with Crippen LogP contribution in [0.15, 0.2) is 18.2 Å². The van der Waals surface area contributed by atoms with Crippen LogP contribution in [0.2, 0.25) is 0 Å². The molecule has 0 saturated heterocycles. The van der Waals surface area contributed by atoms with Crippen LogP contribution in [0.5, 0.6) is 0 Å². The Labute approximate surface area is 109 Å². The summed E-state index contributed by atoms with van der Waals surface area (Å²) in [7, 11) is 0. The largest absolute Gasteiger partial charge is 0.380 e. The molecular weight excluding hydrogens is 226 g/mol.